The molecule has 0 N–H and O–H groups in total. The summed E-state index contributed by atoms with van der Waals surface area (Å²) in [5, 5.41) is 0. The zero-order chi connectivity index (χ0) is 22.2. The van der Waals surface area contributed by atoms with Crippen LogP contribution in [-0.4, -0.2) is 47.8 Å². The highest BCUT2D eigenvalue weighted by Gasteiger charge is 2.44. The molecule has 1 aliphatic carbocycles. The topological polar surface area (TPSA) is 57.4 Å². The molecule has 4 aliphatic rings. The van der Waals surface area contributed by atoms with Crippen molar-refractivity contribution in [1.29, 1.82) is 0 Å². The van der Waals surface area contributed by atoms with Crippen LogP contribution >= 0.6 is 0 Å². The van der Waals surface area contributed by atoms with Gasteiger partial charge in [-0.3, -0.25) is 9.79 Å². The van der Waals surface area contributed by atoms with Crippen molar-refractivity contribution in [2.45, 2.75) is 37.6 Å². The zero-order valence-electron chi connectivity index (χ0n) is 18.7. The molecule has 4 atom stereocenters. The third kappa shape index (κ3) is 3.97. The van der Waals surface area contributed by atoms with Gasteiger partial charge in [-0.2, -0.15) is 0 Å². The summed E-state index contributed by atoms with van der Waals surface area (Å²) in [6.45, 7) is 1.62. The molecule has 0 aromatic heterocycles. The SMILES string of the molecule is O=C(C1=NC2C/C=C\C=N/C(=N1)C2)N1C[C@H]2C[C@@H](c3ccccc3-c3ccccc3)C[C@H]2C1. The normalized spacial score (nSPS) is 30.0. The third-order valence-corrected chi connectivity index (χ3v) is 7.53. The Balaban J connectivity index is 1.16. The average Bonchev–Trinajstić information content (AvgIpc) is 3.42. The Morgan fingerprint density at radius 1 is 0.939 bits per heavy atom. The fraction of sp³-hybridized carbons (Fsp3) is 0.357. The number of nitrogens with zero attached hydrogens (tertiary/aromatic N) is 4. The Morgan fingerprint density at radius 2 is 1.70 bits per heavy atom. The quantitative estimate of drug-likeness (QED) is 0.675. The minimum absolute atomic E-state index is 0.0208. The summed E-state index contributed by atoms with van der Waals surface area (Å²) in [6, 6.07) is 19.6. The fourth-order valence-corrected chi connectivity index (χ4v) is 5.97. The molecule has 3 heterocycles. The Morgan fingerprint density at radius 3 is 2.52 bits per heavy atom. The van der Waals surface area contributed by atoms with Gasteiger partial charge in [0.1, 0.15) is 5.84 Å². The van der Waals surface area contributed by atoms with E-state index in [-0.39, 0.29) is 11.9 Å². The van der Waals surface area contributed by atoms with E-state index in [0.717, 1.165) is 38.2 Å². The van der Waals surface area contributed by atoms with Gasteiger partial charge in [0, 0.05) is 25.7 Å². The maximum atomic E-state index is 13.3. The van der Waals surface area contributed by atoms with Crippen molar-refractivity contribution >= 4 is 23.8 Å². The van der Waals surface area contributed by atoms with Gasteiger partial charge in [0.05, 0.1) is 6.04 Å². The van der Waals surface area contributed by atoms with Gasteiger partial charge in [-0.05, 0) is 59.8 Å². The number of benzene rings is 2. The molecule has 166 valence electrons. The summed E-state index contributed by atoms with van der Waals surface area (Å²) in [4.78, 5) is 28.8. The van der Waals surface area contributed by atoms with Crippen molar-refractivity contribution in [3.63, 3.8) is 0 Å². The lowest BCUT2D eigenvalue weighted by Gasteiger charge is -2.23. The smallest absolute Gasteiger partial charge is 0.291 e. The number of carbonyl (C=O) groups excluding carboxylic acids is 1. The van der Waals surface area contributed by atoms with Gasteiger partial charge in [0.25, 0.3) is 5.91 Å². The molecule has 0 spiro atoms. The molecule has 1 amide bonds. The Bertz CT molecular complexity index is 1170. The summed E-state index contributed by atoms with van der Waals surface area (Å²) < 4.78 is 0. The van der Waals surface area contributed by atoms with Crippen molar-refractivity contribution in [1.82, 2.24) is 4.90 Å². The van der Waals surface area contributed by atoms with E-state index in [2.05, 4.69) is 75.7 Å². The van der Waals surface area contributed by atoms with E-state index in [1.54, 1.807) is 6.21 Å². The zero-order valence-corrected chi connectivity index (χ0v) is 18.7. The lowest BCUT2D eigenvalue weighted by Crippen LogP contribution is -2.37. The summed E-state index contributed by atoms with van der Waals surface area (Å²) >= 11 is 0. The Hall–Kier alpha value is -3.34. The number of amidine groups is 2. The first-order chi connectivity index (χ1) is 16.2. The molecular formula is C28H28N4O. The van der Waals surface area contributed by atoms with E-state index in [9.17, 15) is 4.79 Å². The minimum atomic E-state index is -0.0208. The highest BCUT2D eigenvalue weighted by Crippen LogP contribution is 2.48. The van der Waals surface area contributed by atoms with Gasteiger partial charge >= 0.3 is 0 Å². The minimum Gasteiger partial charge on any atom is -0.335 e. The number of allylic oxidation sites excluding steroid dienone is 1. The molecule has 2 bridgehead atoms. The molecule has 0 radical (unpaired) electrons. The van der Waals surface area contributed by atoms with Crippen molar-refractivity contribution < 1.29 is 4.79 Å². The maximum absolute atomic E-state index is 13.3. The largest absolute Gasteiger partial charge is 0.335 e. The van der Waals surface area contributed by atoms with Crippen LogP contribution in [0.5, 0.6) is 0 Å². The molecule has 5 heteroatoms. The first-order valence-electron chi connectivity index (χ1n) is 12.0. The van der Waals surface area contributed by atoms with Crippen LogP contribution in [0.1, 0.15) is 37.2 Å². The lowest BCUT2D eigenvalue weighted by atomic mass is 9.88. The maximum Gasteiger partial charge on any atom is 0.291 e. The fourth-order valence-electron chi connectivity index (χ4n) is 5.97. The van der Waals surface area contributed by atoms with E-state index < -0.39 is 0 Å². The number of aliphatic imine (C=N–C) groups is 3. The van der Waals surface area contributed by atoms with Crippen molar-refractivity contribution in [3.05, 3.63) is 72.3 Å². The van der Waals surface area contributed by atoms with Crippen LogP contribution in [-0.2, 0) is 4.79 Å². The lowest BCUT2D eigenvalue weighted by molar-refractivity contribution is -0.123. The first-order valence-corrected chi connectivity index (χ1v) is 12.0. The van der Waals surface area contributed by atoms with Crippen LogP contribution in [0.3, 0.4) is 0 Å². The highest BCUT2D eigenvalue weighted by atomic mass is 16.2. The number of hydrogen-bond donors (Lipinski definition) is 0. The number of hydrogen-bond acceptors (Lipinski definition) is 4. The van der Waals surface area contributed by atoms with Gasteiger partial charge in [-0.1, -0.05) is 60.7 Å². The molecule has 2 aromatic carbocycles. The summed E-state index contributed by atoms with van der Waals surface area (Å²) in [5.41, 5.74) is 4.08. The molecule has 2 fully saturated rings. The van der Waals surface area contributed by atoms with Crippen LogP contribution in [0, 0.1) is 11.8 Å². The molecule has 2 aromatic rings. The van der Waals surface area contributed by atoms with E-state index in [1.807, 2.05) is 11.0 Å². The van der Waals surface area contributed by atoms with Crippen LogP contribution in [0.2, 0.25) is 0 Å². The average molecular weight is 437 g/mol. The van der Waals surface area contributed by atoms with Crippen LogP contribution < -0.4 is 0 Å². The molecule has 5 nitrogen and oxygen atoms in total. The van der Waals surface area contributed by atoms with Gasteiger partial charge in [-0.15, -0.1) is 0 Å². The van der Waals surface area contributed by atoms with Gasteiger partial charge in [0.15, 0.2) is 0 Å². The summed E-state index contributed by atoms with van der Waals surface area (Å²) in [5.74, 6) is 2.69. The molecular weight excluding hydrogens is 408 g/mol. The monoisotopic (exact) mass is 436 g/mol. The molecule has 6 rings (SSSR count). The number of likely N-dealkylation sites (tertiary alicyclic amines) is 1. The summed E-state index contributed by atoms with van der Waals surface area (Å²) in [7, 11) is 0. The molecule has 3 aliphatic heterocycles. The second kappa shape index (κ2) is 8.54. The second-order valence-corrected chi connectivity index (χ2v) is 9.63. The van der Waals surface area contributed by atoms with Gasteiger partial charge < -0.3 is 4.90 Å². The Kier molecular flexibility index (Phi) is 5.25. The van der Waals surface area contributed by atoms with Gasteiger partial charge in [0.2, 0.25) is 5.84 Å². The number of fused-ring (bicyclic) bond motifs is 3. The van der Waals surface area contributed by atoms with Crippen molar-refractivity contribution in [3.8, 4) is 11.1 Å². The predicted octanol–water partition coefficient (Wildman–Crippen LogP) is 4.91. The Labute approximate surface area is 194 Å². The standard InChI is InChI=1S/C28H28N4O/c33-28(27-30-23-10-6-7-13-29-26(16-23)31-27)32-17-21-14-20(15-22(21)18-32)25-12-5-4-11-24(25)19-8-2-1-3-9-19/h1-9,11-13,20-23H,10,14-18H2/b7-6-,29-13-/t20-,21-,22+,23?. The van der Waals surface area contributed by atoms with E-state index in [1.165, 1.54) is 16.7 Å². The highest BCUT2D eigenvalue weighted by molar-refractivity contribution is 6.40. The second-order valence-electron chi connectivity index (χ2n) is 9.63. The molecule has 33 heavy (non-hydrogen) atoms. The van der Waals surface area contributed by atoms with Crippen molar-refractivity contribution in [2.24, 2.45) is 26.8 Å². The van der Waals surface area contributed by atoms with Crippen LogP contribution in [0.4, 0.5) is 0 Å². The number of amides is 1. The van der Waals surface area contributed by atoms with E-state index in [0.29, 0.717) is 30.0 Å². The van der Waals surface area contributed by atoms with Crippen LogP contribution in [0.25, 0.3) is 11.1 Å². The number of carbonyl (C=O) groups is 1. The number of rotatable bonds is 3. The van der Waals surface area contributed by atoms with Crippen molar-refractivity contribution in [2.75, 3.05) is 13.1 Å². The molecule has 1 unspecified atom stereocenters. The van der Waals surface area contributed by atoms with Gasteiger partial charge in [-0.25, -0.2) is 9.98 Å². The first kappa shape index (κ1) is 20.3. The van der Waals surface area contributed by atoms with E-state index in [4.69, 9.17) is 0 Å². The third-order valence-electron chi connectivity index (χ3n) is 7.53. The predicted molar refractivity (Wildman–Crippen MR) is 133 cm³/mol. The molecule has 1 saturated heterocycles. The molecule has 1 saturated carbocycles. The van der Waals surface area contributed by atoms with Crippen LogP contribution in [0.15, 0.2) is 81.7 Å². The summed E-state index contributed by atoms with van der Waals surface area (Å²) in [6.07, 6.45) is 9.57. The van der Waals surface area contributed by atoms with E-state index >= 15 is 0 Å².